The van der Waals surface area contributed by atoms with E-state index in [1.54, 1.807) is 7.11 Å². The van der Waals surface area contributed by atoms with E-state index < -0.39 is 0 Å². The first-order valence-electron chi connectivity index (χ1n) is 12.5. The molecule has 0 saturated heterocycles. The molecule has 0 aliphatic heterocycles. The molecule has 37 heavy (non-hydrogen) atoms. The number of benzene rings is 1. The van der Waals surface area contributed by atoms with E-state index in [1.165, 1.54) is 10.9 Å². The van der Waals surface area contributed by atoms with Gasteiger partial charge in [0.1, 0.15) is 5.76 Å². The number of hydrogen-bond donors (Lipinski definition) is 1. The Kier molecular flexibility index (Phi) is 7.92. The summed E-state index contributed by atoms with van der Waals surface area (Å²) in [5.74, 6) is 2.26. The van der Waals surface area contributed by atoms with Crippen molar-refractivity contribution in [2.45, 2.75) is 48.1 Å². The number of nitrogens with one attached hydrogen (secondary N) is 1. The highest BCUT2D eigenvalue weighted by Gasteiger charge is 2.21. The van der Waals surface area contributed by atoms with Gasteiger partial charge in [-0.25, -0.2) is 0 Å². The monoisotopic (exact) mass is 497 g/mol. The summed E-state index contributed by atoms with van der Waals surface area (Å²) in [5.41, 5.74) is 5.11. The van der Waals surface area contributed by atoms with Crippen molar-refractivity contribution < 1.29 is 9.47 Å². The zero-order chi connectivity index (χ0) is 26.5. The van der Waals surface area contributed by atoms with E-state index in [1.807, 2.05) is 58.3 Å². The summed E-state index contributed by atoms with van der Waals surface area (Å²) >= 11 is 0. The predicted molar refractivity (Wildman–Crippen MR) is 151 cm³/mol. The van der Waals surface area contributed by atoms with Crippen molar-refractivity contribution in [3.05, 3.63) is 89.1 Å². The molecule has 3 heterocycles. The van der Waals surface area contributed by atoms with Crippen LogP contribution >= 0.6 is 0 Å². The van der Waals surface area contributed by atoms with E-state index in [4.69, 9.17) is 9.47 Å². The molecule has 4 aromatic rings. The maximum Gasteiger partial charge on any atom is 0.158 e. The molecule has 0 amide bonds. The van der Waals surface area contributed by atoms with E-state index in [9.17, 15) is 0 Å². The van der Waals surface area contributed by atoms with Crippen molar-refractivity contribution in [3.63, 3.8) is 0 Å². The van der Waals surface area contributed by atoms with Crippen LogP contribution in [0, 0.1) is 20.8 Å². The van der Waals surface area contributed by atoms with E-state index in [0.29, 0.717) is 18.9 Å². The molecule has 1 aromatic carbocycles. The van der Waals surface area contributed by atoms with Gasteiger partial charge in [0.25, 0.3) is 0 Å². The molecule has 4 rings (SSSR count). The number of ether oxygens (including phenoxy) is 2. The Bertz CT molecular complexity index is 1520. The van der Waals surface area contributed by atoms with E-state index in [-0.39, 0.29) is 0 Å². The van der Waals surface area contributed by atoms with Crippen molar-refractivity contribution in [1.29, 1.82) is 0 Å². The lowest BCUT2D eigenvalue weighted by atomic mass is 10.1. The molecule has 0 atom stereocenters. The number of nitrogens with zero attached hydrogens (tertiary/aromatic N) is 4. The van der Waals surface area contributed by atoms with Gasteiger partial charge in [0.05, 0.1) is 30.9 Å². The molecule has 0 bridgehead atoms. The third kappa shape index (κ3) is 5.07. The van der Waals surface area contributed by atoms with Crippen LogP contribution in [0.25, 0.3) is 27.2 Å². The van der Waals surface area contributed by atoms with Gasteiger partial charge >= 0.3 is 0 Å². The number of allylic oxidation sites excluding steroid dienone is 5. The molecule has 0 saturated carbocycles. The smallest absolute Gasteiger partial charge is 0.158 e. The van der Waals surface area contributed by atoms with Crippen LogP contribution in [0.15, 0.2) is 66.4 Å². The standard InChI is InChI=1S/C30H35N5O2/c1-8-11-26(27(36-7)16-19(3)37-9-2)35-21(5)28-20(4)33-34-30(29(28)22(35)6)32-18-24-13-10-12-23-17-31-15-14-25(23)24/h8,10-17H,9,18H2,1-7H3,(H,32,34)/b11-8-,19-16+,27-26-. The maximum absolute atomic E-state index is 5.85. The molecule has 7 nitrogen and oxygen atoms in total. The zero-order valence-electron chi connectivity index (χ0n) is 22.7. The molecular weight excluding hydrogens is 462 g/mol. The second-order valence-corrected chi connectivity index (χ2v) is 8.90. The lowest BCUT2D eigenvalue weighted by Gasteiger charge is -2.15. The molecule has 0 fully saturated rings. The quantitative estimate of drug-likeness (QED) is 0.201. The minimum Gasteiger partial charge on any atom is -0.498 e. The number of anilines is 1. The summed E-state index contributed by atoms with van der Waals surface area (Å²) in [7, 11) is 1.68. The third-order valence-electron chi connectivity index (χ3n) is 6.50. The summed E-state index contributed by atoms with van der Waals surface area (Å²) in [6.45, 7) is 13.4. The van der Waals surface area contributed by atoms with Crippen LogP contribution in [0.3, 0.4) is 0 Å². The second-order valence-electron chi connectivity index (χ2n) is 8.90. The van der Waals surface area contributed by atoms with Gasteiger partial charge in [-0.15, -0.1) is 5.10 Å². The van der Waals surface area contributed by atoms with Crippen LogP contribution in [0.4, 0.5) is 5.82 Å². The van der Waals surface area contributed by atoms with Gasteiger partial charge in [0.15, 0.2) is 5.82 Å². The number of aromatic nitrogens is 4. The first-order chi connectivity index (χ1) is 17.9. The Morgan fingerprint density at radius 2 is 1.86 bits per heavy atom. The van der Waals surface area contributed by atoms with Gasteiger partial charge in [0, 0.05) is 52.6 Å². The van der Waals surface area contributed by atoms with Crippen molar-refractivity contribution >= 4 is 33.1 Å². The maximum atomic E-state index is 5.85. The summed E-state index contributed by atoms with van der Waals surface area (Å²) in [5, 5.41) is 17.1. The average Bonchev–Trinajstić information content (AvgIpc) is 3.16. The fraction of sp³-hybridized carbons (Fsp3) is 0.300. The van der Waals surface area contributed by atoms with Crippen LogP contribution < -0.4 is 5.32 Å². The van der Waals surface area contributed by atoms with Gasteiger partial charge < -0.3 is 19.4 Å². The minimum atomic E-state index is 0.600. The number of hydrogen-bond acceptors (Lipinski definition) is 6. The Labute approximate surface area is 218 Å². The highest BCUT2D eigenvalue weighted by Crippen LogP contribution is 2.35. The molecule has 7 heteroatoms. The summed E-state index contributed by atoms with van der Waals surface area (Å²) in [6.07, 6.45) is 9.72. The molecular formula is C30H35N5O2. The lowest BCUT2D eigenvalue weighted by molar-refractivity contribution is 0.226. The average molecular weight is 498 g/mol. The Morgan fingerprint density at radius 3 is 2.59 bits per heavy atom. The highest BCUT2D eigenvalue weighted by atomic mass is 16.5. The predicted octanol–water partition coefficient (Wildman–Crippen LogP) is 6.85. The van der Waals surface area contributed by atoms with Crippen molar-refractivity contribution in [1.82, 2.24) is 19.7 Å². The molecule has 3 aromatic heterocycles. The molecule has 0 aliphatic carbocycles. The first-order valence-corrected chi connectivity index (χ1v) is 12.5. The topological polar surface area (TPSA) is 74.1 Å². The van der Waals surface area contributed by atoms with Gasteiger partial charge in [-0.3, -0.25) is 4.98 Å². The summed E-state index contributed by atoms with van der Waals surface area (Å²) in [4.78, 5) is 4.25. The van der Waals surface area contributed by atoms with E-state index in [0.717, 1.165) is 50.5 Å². The SMILES string of the molecule is C\C=C/C(=C(\C=C(/C)OCC)OC)n1c(C)c2c(C)nnc(NCc3cccc4cnccc34)c2c1C. The van der Waals surface area contributed by atoms with Gasteiger partial charge in [-0.05, 0) is 64.6 Å². The Hall–Kier alpha value is -4.13. The highest BCUT2D eigenvalue weighted by molar-refractivity contribution is 5.99. The van der Waals surface area contributed by atoms with Gasteiger partial charge in [-0.2, -0.15) is 5.10 Å². The minimum absolute atomic E-state index is 0.600. The van der Waals surface area contributed by atoms with Crippen molar-refractivity contribution in [3.8, 4) is 0 Å². The van der Waals surface area contributed by atoms with E-state index >= 15 is 0 Å². The number of rotatable bonds is 9. The molecule has 0 aliphatic rings. The number of fused-ring (bicyclic) bond motifs is 2. The van der Waals surface area contributed by atoms with Crippen LogP contribution in [0.5, 0.6) is 0 Å². The normalized spacial score (nSPS) is 12.9. The van der Waals surface area contributed by atoms with Crippen LogP contribution in [-0.4, -0.2) is 33.5 Å². The molecule has 0 unspecified atom stereocenters. The fourth-order valence-corrected chi connectivity index (χ4v) is 4.92. The van der Waals surface area contributed by atoms with Gasteiger partial charge in [-0.1, -0.05) is 24.3 Å². The van der Waals surface area contributed by atoms with Crippen LogP contribution in [-0.2, 0) is 16.0 Å². The first kappa shape index (κ1) is 25.9. The molecule has 0 radical (unpaired) electrons. The largest absolute Gasteiger partial charge is 0.498 e. The Morgan fingerprint density at radius 1 is 1.08 bits per heavy atom. The van der Waals surface area contributed by atoms with E-state index in [2.05, 4.69) is 63.2 Å². The third-order valence-corrected chi connectivity index (χ3v) is 6.50. The fourth-order valence-electron chi connectivity index (χ4n) is 4.92. The second kappa shape index (κ2) is 11.3. The lowest BCUT2D eigenvalue weighted by Crippen LogP contribution is -2.05. The van der Waals surface area contributed by atoms with Gasteiger partial charge in [0.2, 0.25) is 0 Å². The number of pyridine rings is 1. The summed E-state index contributed by atoms with van der Waals surface area (Å²) in [6, 6.07) is 8.31. The van der Waals surface area contributed by atoms with Crippen molar-refractivity contribution in [2.75, 3.05) is 19.0 Å². The molecule has 1 N–H and O–H groups in total. The Balaban J connectivity index is 1.86. The zero-order valence-corrected chi connectivity index (χ0v) is 22.7. The molecule has 192 valence electrons. The van der Waals surface area contributed by atoms with Crippen molar-refractivity contribution in [2.24, 2.45) is 0 Å². The number of methoxy groups -OCH3 is 1. The van der Waals surface area contributed by atoms with Crippen LogP contribution in [0.1, 0.15) is 43.4 Å². The number of aryl methyl sites for hydroxylation is 3. The van der Waals surface area contributed by atoms with Crippen LogP contribution in [0.2, 0.25) is 0 Å². The summed E-state index contributed by atoms with van der Waals surface area (Å²) < 4.78 is 13.7. The molecule has 0 spiro atoms.